The number of alkyl halides is 4. The van der Waals surface area contributed by atoms with E-state index in [1.54, 1.807) is 16.6 Å². The third-order valence-electron chi connectivity index (χ3n) is 6.82. The average molecular weight is 571 g/mol. The zero-order chi connectivity index (χ0) is 29.5. The maximum atomic E-state index is 14.4. The Labute approximate surface area is 231 Å². The van der Waals surface area contributed by atoms with Crippen LogP contribution in [0.1, 0.15) is 54.4 Å². The summed E-state index contributed by atoms with van der Waals surface area (Å²) in [5, 5.41) is 6.70. The maximum absolute atomic E-state index is 14.4. The highest BCUT2D eigenvalue weighted by Crippen LogP contribution is 2.34. The second-order valence-electron chi connectivity index (χ2n) is 10.2. The van der Waals surface area contributed by atoms with E-state index in [0.717, 1.165) is 18.3 Å². The molecule has 1 aliphatic rings. The van der Waals surface area contributed by atoms with Crippen LogP contribution in [-0.4, -0.2) is 60.0 Å². The number of anilines is 2. The number of benzene rings is 1. The molecular formula is C27H26F4N8O2. The van der Waals surface area contributed by atoms with E-state index in [1.165, 1.54) is 37.2 Å². The van der Waals surface area contributed by atoms with E-state index >= 15 is 0 Å². The van der Waals surface area contributed by atoms with E-state index in [1.807, 2.05) is 0 Å². The van der Waals surface area contributed by atoms with Gasteiger partial charge in [-0.2, -0.15) is 18.3 Å². The van der Waals surface area contributed by atoms with Gasteiger partial charge in [-0.15, -0.1) is 0 Å². The summed E-state index contributed by atoms with van der Waals surface area (Å²) < 4.78 is 54.9. The Morgan fingerprint density at radius 1 is 1.07 bits per heavy atom. The van der Waals surface area contributed by atoms with Crippen molar-refractivity contribution >= 4 is 29.0 Å². The molecule has 1 fully saturated rings. The molecule has 5 rings (SSSR count). The lowest BCUT2D eigenvalue weighted by molar-refractivity contribution is -0.143. The molecule has 1 atom stereocenters. The second kappa shape index (κ2) is 10.4. The number of rotatable bonds is 5. The first kappa shape index (κ1) is 27.9. The largest absolute Gasteiger partial charge is 0.416 e. The average Bonchev–Trinajstić information content (AvgIpc) is 3.33. The van der Waals surface area contributed by atoms with E-state index in [9.17, 15) is 27.2 Å². The third-order valence-corrected chi connectivity index (χ3v) is 6.82. The van der Waals surface area contributed by atoms with Crippen molar-refractivity contribution in [2.24, 2.45) is 0 Å². The standard InChI is InChI=1S/C27H26F4N8O2/c1-26(2,28)25(41)38-11-3-4-17(13-38)23-37-20(21-22(32)34-14-35-39(21)23)15-5-7-16(8-6-15)24(40)36-19-12-18(9-10-33-19)27(29,30)31/h5-10,12,14,17H,3-4,11,13H2,1-2H3,(H2,32,34,35)(H,33,36,40). The van der Waals surface area contributed by atoms with Crippen LogP contribution in [0.5, 0.6) is 0 Å². The molecular weight excluding hydrogens is 544 g/mol. The lowest BCUT2D eigenvalue weighted by Crippen LogP contribution is -2.47. The minimum Gasteiger partial charge on any atom is -0.382 e. The maximum Gasteiger partial charge on any atom is 0.416 e. The number of hydrogen-bond donors (Lipinski definition) is 2. The molecule has 1 aliphatic heterocycles. The Hall–Kier alpha value is -4.62. The van der Waals surface area contributed by atoms with Gasteiger partial charge in [0, 0.05) is 36.3 Å². The molecule has 4 heterocycles. The molecule has 14 heteroatoms. The first-order valence-electron chi connectivity index (χ1n) is 12.8. The summed E-state index contributed by atoms with van der Waals surface area (Å²) in [6, 6.07) is 7.79. The fourth-order valence-electron chi connectivity index (χ4n) is 4.83. The normalized spacial score (nSPS) is 16.1. The zero-order valence-electron chi connectivity index (χ0n) is 22.1. The van der Waals surface area contributed by atoms with Crippen LogP contribution in [0.2, 0.25) is 0 Å². The smallest absolute Gasteiger partial charge is 0.382 e. The highest BCUT2D eigenvalue weighted by Gasteiger charge is 2.36. The van der Waals surface area contributed by atoms with Crippen LogP contribution in [0, 0.1) is 0 Å². The van der Waals surface area contributed by atoms with Gasteiger partial charge in [-0.25, -0.2) is 23.9 Å². The van der Waals surface area contributed by atoms with E-state index < -0.39 is 29.2 Å². The molecule has 3 N–H and O–H groups in total. The number of nitrogens with two attached hydrogens (primary N) is 1. The van der Waals surface area contributed by atoms with Gasteiger partial charge in [0.1, 0.15) is 29.2 Å². The van der Waals surface area contributed by atoms with Crippen molar-refractivity contribution in [3.63, 3.8) is 0 Å². The van der Waals surface area contributed by atoms with Crippen molar-refractivity contribution in [1.82, 2.24) is 29.5 Å². The van der Waals surface area contributed by atoms with E-state index in [0.29, 0.717) is 42.0 Å². The van der Waals surface area contributed by atoms with Gasteiger partial charge in [-0.05, 0) is 51.0 Å². The summed E-state index contributed by atoms with van der Waals surface area (Å²) in [5.41, 5.74) is 4.90. The summed E-state index contributed by atoms with van der Waals surface area (Å²) >= 11 is 0. The molecule has 1 saturated heterocycles. The Balaban J connectivity index is 1.42. The first-order valence-corrected chi connectivity index (χ1v) is 12.8. The summed E-state index contributed by atoms with van der Waals surface area (Å²) in [7, 11) is 0. The first-order chi connectivity index (χ1) is 19.3. The summed E-state index contributed by atoms with van der Waals surface area (Å²) in [6.45, 7) is 3.17. The number of nitrogens with zero attached hydrogens (tertiary/aromatic N) is 6. The topological polar surface area (TPSA) is 131 Å². The number of pyridine rings is 1. The molecule has 2 amide bonds. The molecule has 0 saturated carbocycles. The SMILES string of the molecule is CC(C)(F)C(=O)N1CCCC(c2nc(-c3ccc(C(=O)Nc4cc(C(F)(F)F)ccn4)cc3)c3c(N)ncnn23)C1. The molecule has 0 radical (unpaired) electrons. The second-order valence-corrected chi connectivity index (χ2v) is 10.2. The zero-order valence-corrected chi connectivity index (χ0v) is 22.1. The van der Waals surface area contributed by atoms with E-state index in [-0.39, 0.29) is 29.7 Å². The number of carbonyl (C=O) groups is 2. The monoisotopic (exact) mass is 570 g/mol. The number of fused-ring (bicyclic) bond motifs is 1. The lowest BCUT2D eigenvalue weighted by Gasteiger charge is -2.34. The number of carbonyl (C=O) groups excluding carboxylic acids is 2. The van der Waals surface area contributed by atoms with Crippen LogP contribution in [-0.2, 0) is 11.0 Å². The number of piperidine rings is 1. The van der Waals surface area contributed by atoms with Crippen LogP contribution in [0.4, 0.5) is 29.2 Å². The molecule has 0 aliphatic carbocycles. The number of likely N-dealkylation sites (tertiary alicyclic amines) is 1. The minimum absolute atomic E-state index is 0.167. The minimum atomic E-state index is -4.57. The van der Waals surface area contributed by atoms with Gasteiger partial charge in [-0.3, -0.25) is 9.59 Å². The van der Waals surface area contributed by atoms with Crippen LogP contribution in [0.15, 0.2) is 48.9 Å². The van der Waals surface area contributed by atoms with Gasteiger partial charge in [0.2, 0.25) is 0 Å². The van der Waals surface area contributed by atoms with Crippen molar-refractivity contribution in [3.05, 3.63) is 65.9 Å². The Morgan fingerprint density at radius 3 is 2.49 bits per heavy atom. The van der Waals surface area contributed by atoms with Crippen LogP contribution >= 0.6 is 0 Å². The number of imidazole rings is 1. The number of nitrogens with one attached hydrogen (secondary N) is 1. The van der Waals surface area contributed by atoms with Gasteiger partial charge in [-0.1, -0.05) is 12.1 Å². The summed E-state index contributed by atoms with van der Waals surface area (Å²) in [4.78, 5) is 39.5. The number of hydrogen-bond acceptors (Lipinski definition) is 7. The van der Waals surface area contributed by atoms with Crippen molar-refractivity contribution in [3.8, 4) is 11.3 Å². The molecule has 1 unspecified atom stereocenters. The van der Waals surface area contributed by atoms with E-state index in [4.69, 9.17) is 10.7 Å². The fraction of sp³-hybridized carbons (Fsp3) is 0.333. The van der Waals surface area contributed by atoms with Crippen LogP contribution in [0.3, 0.4) is 0 Å². The summed E-state index contributed by atoms with van der Waals surface area (Å²) in [5.74, 6) is -1.01. The number of nitrogen functional groups attached to an aromatic ring is 1. The van der Waals surface area contributed by atoms with Gasteiger partial charge in [0.15, 0.2) is 11.5 Å². The Kier molecular flexibility index (Phi) is 7.09. The van der Waals surface area contributed by atoms with Gasteiger partial charge < -0.3 is 16.0 Å². The molecule has 1 aromatic carbocycles. The number of aromatic nitrogens is 5. The molecule has 3 aromatic heterocycles. The fourth-order valence-corrected chi connectivity index (χ4v) is 4.83. The quantitative estimate of drug-likeness (QED) is 0.338. The highest BCUT2D eigenvalue weighted by molar-refractivity contribution is 6.04. The van der Waals surface area contributed by atoms with Crippen molar-refractivity contribution in [1.29, 1.82) is 0 Å². The van der Waals surface area contributed by atoms with Crippen molar-refractivity contribution < 1.29 is 27.2 Å². The highest BCUT2D eigenvalue weighted by atomic mass is 19.4. The molecule has 0 bridgehead atoms. The predicted octanol–water partition coefficient (Wildman–Crippen LogP) is 4.49. The Morgan fingerprint density at radius 2 is 1.80 bits per heavy atom. The number of amides is 2. The number of halogens is 4. The lowest BCUT2D eigenvalue weighted by atomic mass is 9.96. The van der Waals surface area contributed by atoms with Crippen LogP contribution < -0.4 is 11.1 Å². The molecule has 41 heavy (non-hydrogen) atoms. The molecule has 0 spiro atoms. The van der Waals surface area contributed by atoms with Crippen molar-refractivity contribution in [2.45, 2.75) is 44.5 Å². The third kappa shape index (κ3) is 5.67. The van der Waals surface area contributed by atoms with Crippen molar-refractivity contribution in [2.75, 3.05) is 24.1 Å². The molecule has 214 valence electrons. The van der Waals surface area contributed by atoms with Gasteiger partial charge in [0.25, 0.3) is 11.8 Å². The summed E-state index contributed by atoms with van der Waals surface area (Å²) in [6.07, 6.45) is -0.959. The predicted molar refractivity (Wildman–Crippen MR) is 142 cm³/mol. The van der Waals surface area contributed by atoms with Gasteiger partial charge >= 0.3 is 6.18 Å². The Bertz CT molecular complexity index is 1610. The molecule has 10 nitrogen and oxygen atoms in total. The molecule has 4 aromatic rings. The van der Waals surface area contributed by atoms with Gasteiger partial charge in [0.05, 0.1) is 5.56 Å². The van der Waals surface area contributed by atoms with E-state index in [2.05, 4.69) is 20.4 Å². The van der Waals surface area contributed by atoms with Crippen LogP contribution in [0.25, 0.3) is 16.8 Å².